The van der Waals surface area contributed by atoms with Crippen LogP contribution in [0.25, 0.3) is 0 Å². The molecule has 4 heteroatoms. The summed E-state index contributed by atoms with van der Waals surface area (Å²) < 4.78 is 5.73. The number of hydrogen-bond donors (Lipinski definition) is 1. The third-order valence-electron chi connectivity index (χ3n) is 5.17. The van der Waals surface area contributed by atoms with Gasteiger partial charge in [-0.2, -0.15) is 0 Å². The molecule has 0 aromatic heterocycles. The van der Waals surface area contributed by atoms with Crippen molar-refractivity contribution < 1.29 is 14.3 Å². The number of nitrogens with one attached hydrogen (secondary N) is 1. The zero-order valence-corrected chi connectivity index (χ0v) is 15.9. The van der Waals surface area contributed by atoms with E-state index >= 15 is 0 Å². The van der Waals surface area contributed by atoms with Gasteiger partial charge in [-0.1, -0.05) is 43.5 Å². The van der Waals surface area contributed by atoms with Gasteiger partial charge in [-0.3, -0.25) is 9.59 Å². The number of rotatable bonds is 7. The van der Waals surface area contributed by atoms with Gasteiger partial charge in [-0.15, -0.1) is 0 Å². The van der Waals surface area contributed by atoms with E-state index in [1.165, 1.54) is 44.6 Å². The van der Waals surface area contributed by atoms with Crippen molar-refractivity contribution in [2.24, 2.45) is 0 Å². The van der Waals surface area contributed by atoms with Crippen molar-refractivity contribution in [3.63, 3.8) is 0 Å². The fourth-order valence-electron chi connectivity index (χ4n) is 3.56. The largest absolute Gasteiger partial charge is 0.492 e. The van der Waals surface area contributed by atoms with Gasteiger partial charge in [0.1, 0.15) is 12.4 Å². The second-order valence-electron chi connectivity index (χ2n) is 7.14. The zero-order chi connectivity index (χ0) is 19.1. The van der Waals surface area contributed by atoms with Gasteiger partial charge in [0.15, 0.2) is 5.78 Å². The SMILES string of the molecule is CC(=O)c1ccc(C(=O)NCCOc2ccc(C3CCCCC3)cc2)cc1. The molecule has 0 radical (unpaired) electrons. The summed E-state index contributed by atoms with van der Waals surface area (Å²) in [6.45, 7) is 2.35. The first-order valence-electron chi connectivity index (χ1n) is 9.75. The third-order valence-corrected chi connectivity index (χ3v) is 5.17. The Balaban J connectivity index is 1.41. The van der Waals surface area contributed by atoms with Crippen LogP contribution in [0, 0.1) is 0 Å². The minimum atomic E-state index is -0.165. The van der Waals surface area contributed by atoms with E-state index in [2.05, 4.69) is 17.4 Å². The molecule has 0 aliphatic heterocycles. The molecule has 0 unspecified atom stereocenters. The van der Waals surface area contributed by atoms with E-state index in [9.17, 15) is 9.59 Å². The van der Waals surface area contributed by atoms with Crippen molar-refractivity contribution in [3.05, 3.63) is 65.2 Å². The topological polar surface area (TPSA) is 55.4 Å². The number of ether oxygens (including phenoxy) is 1. The molecule has 0 heterocycles. The van der Waals surface area contributed by atoms with Crippen LogP contribution in [0.15, 0.2) is 48.5 Å². The average molecular weight is 365 g/mol. The molecule has 0 saturated heterocycles. The van der Waals surface area contributed by atoms with Gasteiger partial charge < -0.3 is 10.1 Å². The monoisotopic (exact) mass is 365 g/mol. The maximum atomic E-state index is 12.1. The first-order valence-corrected chi connectivity index (χ1v) is 9.75. The van der Waals surface area contributed by atoms with Gasteiger partial charge in [0.05, 0.1) is 6.54 Å². The molecular weight excluding hydrogens is 338 g/mol. The lowest BCUT2D eigenvalue weighted by molar-refractivity contribution is 0.0945. The predicted molar refractivity (Wildman–Crippen MR) is 107 cm³/mol. The number of ketones is 1. The van der Waals surface area contributed by atoms with Gasteiger partial charge in [-0.05, 0) is 55.5 Å². The quantitative estimate of drug-likeness (QED) is 0.569. The van der Waals surface area contributed by atoms with E-state index in [-0.39, 0.29) is 11.7 Å². The summed E-state index contributed by atoms with van der Waals surface area (Å²) in [5.41, 5.74) is 2.55. The van der Waals surface area contributed by atoms with Crippen LogP contribution in [0.2, 0.25) is 0 Å². The zero-order valence-electron chi connectivity index (χ0n) is 15.9. The van der Waals surface area contributed by atoms with Gasteiger partial charge in [0, 0.05) is 11.1 Å². The third kappa shape index (κ3) is 5.43. The molecular formula is C23H27NO3. The van der Waals surface area contributed by atoms with Crippen LogP contribution in [-0.4, -0.2) is 24.8 Å². The van der Waals surface area contributed by atoms with Gasteiger partial charge >= 0.3 is 0 Å². The van der Waals surface area contributed by atoms with Gasteiger partial charge in [0.25, 0.3) is 5.91 Å². The second kappa shape index (κ2) is 9.36. The molecule has 0 bridgehead atoms. The summed E-state index contributed by atoms with van der Waals surface area (Å²) >= 11 is 0. The van der Waals surface area contributed by atoms with Crippen LogP contribution >= 0.6 is 0 Å². The Bertz CT molecular complexity index is 759. The van der Waals surface area contributed by atoms with Crippen LogP contribution in [0.1, 0.15) is 71.2 Å². The molecule has 1 amide bonds. The Morgan fingerprint density at radius 3 is 2.19 bits per heavy atom. The molecule has 27 heavy (non-hydrogen) atoms. The van der Waals surface area contributed by atoms with Crippen LogP contribution in [0.5, 0.6) is 5.75 Å². The fourth-order valence-corrected chi connectivity index (χ4v) is 3.56. The maximum absolute atomic E-state index is 12.1. The van der Waals surface area contributed by atoms with Gasteiger partial charge in [0.2, 0.25) is 0 Å². The molecule has 3 rings (SSSR count). The Morgan fingerprint density at radius 2 is 1.56 bits per heavy atom. The van der Waals surface area contributed by atoms with Crippen molar-refractivity contribution in [2.45, 2.75) is 44.9 Å². The van der Waals surface area contributed by atoms with Crippen molar-refractivity contribution in [3.8, 4) is 5.75 Å². The van der Waals surface area contributed by atoms with Crippen LogP contribution in [0.3, 0.4) is 0 Å². The Labute approximate surface area is 160 Å². The van der Waals surface area contributed by atoms with E-state index in [1.807, 2.05) is 12.1 Å². The smallest absolute Gasteiger partial charge is 0.251 e. The summed E-state index contributed by atoms with van der Waals surface area (Å²) in [5.74, 6) is 1.35. The summed E-state index contributed by atoms with van der Waals surface area (Å²) in [7, 11) is 0. The molecule has 2 aromatic rings. The van der Waals surface area contributed by atoms with Crippen LogP contribution < -0.4 is 10.1 Å². The van der Waals surface area contributed by atoms with Crippen molar-refractivity contribution >= 4 is 11.7 Å². The highest BCUT2D eigenvalue weighted by molar-refractivity contribution is 5.97. The van der Waals surface area contributed by atoms with Crippen LogP contribution in [0.4, 0.5) is 0 Å². The molecule has 4 nitrogen and oxygen atoms in total. The normalized spacial score (nSPS) is 14.6. The molecule has 2 aromatic carbocycles. The van der Waals surface area contributed by atoms with E-state index in [4.69, 9.17) is 4.74 Å². The lowest BCUT2D eigenvalue weighted by Gasteiger charge is -2.22. The number of hydrogen-bond acceptors (Lipinski definition) is 3. The minimum Gasteiger partial charge on any atom is -0.492 e. The van der Waals surface area contributed by atoms with Crippen molar-refractivity contribution in [1.82, 2.24) is 5.32 Å². The summed E-state index contributed by atoms with van der Waals surface area (Å²) in [6.07, 6.45) is 6.61. The van der Waals surface area contributed by atoms with E-state index in [0.29, 0.717) is 30.2 Å². The second-order valence-corrected chi connectivity index (χ2v) is 7.14. The first kappa shape index (κ1) is 19.2. The summed E-state index contributed by atoms with van der Waals surface area (Å²) in [4.78, 5) is 23.4. The number of carbonyl (C=O) groups is 2. The molecule has 1 saturated carbocycles. The maximum Gasteiger partial charge on any atom is 0.251 e. The number of Topliss-reactive ketones (excluding diaryl/α,β-unsaturated/α-hetero) is 1. The average Bonchev–Trinajstić information content (AvgIpc) is 2.72. The summed E-state index contributed by atoms with van der Waals surface area (Å²) in [5, 5.41) is 2.83. The molecule has 1 fully saturated rings. The molecule has 142 valence electrons. The standard InChI is InChI=1S/C23H27NO3/c1-17(25)18-7-9-21(10-8-18)23(26)24-15-16-27-22-13-11-20(12-14-22)19-5-3-2-4-6-19/h7-14,19H,2-6,15-16H2,1H3,(H,24,26). The molecule has 0 atom stereocenters. The Morgan fingerprint density at radius 1 is 0.926 bits per heavy atom. The van der Waals surface area contributed by atoms with Crippen molar-refractivity contribution in [1.29, 1.82) is 0 Å². The highest BCUT2D eigenvalue weighted by atomic mass is 16.5. The number of carbonyl (C=O) groups excluding carboxylic acids is 2. The van der Waals surface area contributed by atoms with Crippen LogP contribution in [-0.2, 0) is 0 Å². The lowest BCUT2D eigenvalue weighted by atomic mass is 9.84. The fraction of sp³-hybridized carbons (Fsp3) is 0.391. The Hall–Kier alpha value is -2.62. The summed E-state index contributed by atoms with van der Waals surface area (Å²) in [6, 6.07) is 15.0. The van der Waals surface area contributed by atoms with E-state index < -0.39 is 0 Å². The minimum absolute atomic E-state index is 0.00939. The first-order chi connectivity index (χ1) is 13.1. The molecule has 0 spiro atoms. The molecule has 1 aliphatic carbocycles. The van der Waals surface area contributed by atoms with Gasteiger partial charge in [-0.25, -0.2) is 0 Å². The molecule has 1 N–H and O–H groups in total. The highest BCUT2D eigenvalue weighted by Gasteiger charge is 2.15. The van der Waals surface area contributed by atoms with Crippen molar-refractivity contribution in [2.75, 3.05) is 13.2 Å². The molecule has 1 aliphatic rings. The Kier molecular flexibility index (Phi) is 6.64. The highest BCUT2D eigenvalue weighted by Crippen LogP contribution is 2.33. The van der Waals surface area contributed by atoms with E-state index in [0.717, 1.165) is 5.75 Å². The predicted octanol–water partition coefficient (Wildman–Crippen LogP) is 4.75. The number of amides is 1. The lowest BCUT2D eigenvalue weighted by Crippen LogP contribution is -2.28. The number of benzene rings is 2. The van der Waals surface area contributed by atoms with E-state index in [1.54, 1.807) is 24.3 Å².